The molecule has 0 aliphatic carbocycles. The number of anilines is 1. The molecule has 5 nitrogen and oxygen atoms in total. The van der Waals surface area contributed by atoms with Crippen LogP contribution in [0.15, 0.2) is 47.5 Å². The average molecular weight is 355 g/mol. The Bertz CT molecular complexity index is 780. The van der Waals surface area contributed by atoms with Gasteiger partial charge in [0.2, 0.25) is 0 Å². The minimum absolute atomic E-state index is 0.0288. The van der Waals surface area contributed by atoms with Gasteiger partial charge in [0, 0.05) is 31.0 Å². The van der Waals surface area contributed by atoms with Crippen LogP contribution in [0.25, 0.3) is 0 Å². The zero-order valence-corrected chi connectivity index (χ0v) is 15.2. The molecule has 1 aromatic carbocycles. The molecule has 6 heteroatoms. The van der Waals surface area contributed by atoms with Gasteiger partial charge in [-0.2, -0.15) is 5.26 Å². The first kappa shape index (κ1) is 17.6. The minimum Gasteiger partial charge on any atom is -0.350 e. The third kappa shape index (κ3) is 4.25. The number of likely N-dealkylation sites (tertiary alicyclic amines) is 1. The van der Waals surface area contributed by atoms with Gasteiger partial charge in [-0.3, -0.25) is 4.79 Å². The Morgan fingerprint density at radius 2 is 2.24 bits per heavy atom. The number of rotatable bonds is 6. The summed E-state index contributed by atoms with van der Waals surface area (Å²) in [5, 5.41) is 11.8. The number of para-hydroxylation sites is 1. The maximum absolute atomic E-state index is 12.6. The number of nitrogens with one attached hydrogen (secondary N) is 2. The minimum atomic E-state index is 0.0288. The zero-order valence-electron chi connectivity index (χ0n) is 14.4. The lowest BCUT2D eigenvalue weighted by Gasteiger charge is -2.22. The molecule has 1 fully saturated rings. The lowest BCUT2D eigenvalue weighted by atomic mass is 10.1. The van der Waals surface area contributed by atoms with Gasteiger partial charge in [0.15, 0.2) is 6.54 Å². The van der Waals surface area contributed by atoms with E-state index in [1.54, 1.807) is 0 Å². The molecular formula is C19H23N4OS+. The van der Waals surface area contributed by atoms with Crippen molar-refractivity contribution in [1.29, 1.82) is 5.26 Å². The number of nitriles is 1. The van der Waals surface area contributed by atoms with E-state index in [4.69, 9.17) is 5.26 Å². The molecule has 2 N–H and O–H groups in total. The van der Waals surface area contributed by atoms with Crippen LogP contribution >= 0.6 is 11.8 Å². The molecule has 2 aromatic rings. The highest BCUT2D eigenvalue weighted by Gasteiger charge is 2.33. The van der Waals surface area contributed by atoms with Gasteiger partial charge >= 0.3 is 0 Å². The molecule has 0 radical (unpaired) electrons. The van der Waals surface area contributed by atoms with Gasteiger partial charge in [-0.1, -0.05) is 12.1 Å². The second kappa shape index (κ2) is 8.24. The van der Waals surface area contributed by atoms with Crippen molar-refractivity contribution in [3.63, 3.8) is 0 Å². The van der Waals surface area contributed by atoms with E-state index in [0.29, 0.717) is 18.3 Å². The standard InChI is InChI=1S/C19H22N4OS/c1-22-11-4-7-16(22)17-8-5-12-23(17)14-19(24)21-15-6-2-3-9-18(15)25-13-10-20/h2-4,6-7,9,11,17H,5,8,12-14H2,1H3,(H,21,24)/p+1/t17-/m1/s1. The maximum atomic E-state index is 12.6. The number of hydrogen-bond donors (Lipinski definition) is 2. The molecule has 0 saturated carbocycles. The van der Waals surface area contributed by atoms with Crippen molar-refractivity contribution < 1.29 is 9.69 Å². The molecule has 25 heavy (non-hydrogen) atoms. The molecular weight excluding hydrogens is 332 g/mol. The lowest BCUT2D eigenvalue weighted by molar-refractivity contribution is -0.910. The number of nitrogens with zero attached hydrogens (tertiary/aromatic N) is 2. The van der Waals surface area contributed by atoms with Gasteiger partial charge < -0.3 is 14.8 Å². The SMILES string of the molecule is Cn1cccc1[C@H]1CCC[NH+]1CC(=O)Nc1ccccc1SCC#N. The molecule has 2 heterocycles. The number of benzene rings is 1. The van der Waals surface area contributed by atoms with Gasteiger partial charge in [0.25, 0.3) is 5.91 Å². The van der Waals surface area contributed by atoms with Gasteiger partial charge in [-0.25, -0.2) is 0 Å². The van der Waals surface area contributed by atoms with Crippen LogP contribution < -0.4 is 10.2 Å². The van der Waals surface area contributed by atoms with E-state index in [2.05, 4.69) is 41.3 Å². The smallest absolute Gasteiger partial charge is 0.279 e. The van der Waals surface area contributed by atoms with Crippen molar-refractivity contribution in [3.8, 4) is 6.07 Å². The Kier molecular flexibility index (Phi) is 5.79. The largest absolute Gasteiger partial charge is 0.350 e. The fourth-order valence-electron chi connectivity index (χ4n) is 3.52. The van der Waals surface area contributed by atoms with Crippen LogP contribution in [0.5, 0.6) is 0 Å². The normalized spacial score (nSPS) is 19.5. The van der Waals surface area contributed by atoms with E-state index in [9.17, 15) is 4.79 Å². The van der Waals surface area contributed by atoms with Crippen LogP contribution in [0.2, 0.25) is 0 Å². The predicted molar refractivity (Wildman–Crippen MR) is 99.5 cm³/mol. The summed E-state index contributed by atoms with van der Waals surface area (Å²) in [6, 6.07) is 14.4. The van der Waals surface area contributed by atoms with Crippen LogP contribution in [0.3, 0.4) is 0 Å². The molecule has 1 saturated heterocycles. The van der Waals surface area contributed by atoms with E-state index in [1.807, 2.05) is 24.3 Å². The molecule has 130 valence electrons. The molecule has 1 aliphatic rings. The van der Waals surface area contributed by atoms with Crippen molar-refractivity contribution >= 4 is 23.4 Å². The maximum Gasteiger partial charge on any atom is 0.279 e. The van der Waals surface area contributed by atoms with Crippen LogP contribution in [0.4, 0.5) is 5.69 Å². The molecule has 2 atom stereocenters. The van der Waals surface area contributed by atoms with Gasteiger partial charge in [-0.05, 0) is 24.3 Å². The first-order valence-electron chi connectivity index (χ1n) is 8.53. The van der Waals surface area contributed by atoms with Crippen LogP contribution in [-0.4, -0.2) is 29.3 Å². The van der Waals surface area contributed by atoms with Crippen LogP contribution in [-0.2, 0) is 11.8 Å². The number of hydrogen-bond acceptors (Lipinski definition) is 3. The third-order valence-corrected chi connectivity index (χ3v) is 5.61. The Hall–Kier alpha value is -2.23. The van der Waals surface area contributed by atoms with Crippen molar-refractivity contribution in [3.05, 3.63) is 48.3 Å². The summed E-state index contributed by atoms with van der Waals surface area (Å²) in [6.07, 6.45) is 4.33. The molecule has 3 rings (SSSR count). The summed E-state index contributed by atoms with van der Waals surface area (Å²) < 4.78 is 2.15. The molecule has 0 bridgehead atoms. The highest BCUT2D eigenvalue weighted by molar-refractivity contribution is 7.99. The van der Waals surface area contributed by atoms with Crippen LogP contribution in [0, 0.1) is 11.3 Å². The van der Waals surface area contributed by atoms with E-state index >= 15 is 0 Å². The molecule has 1 aromatic heterocycles. The fraction of sp³-hybridized carbons (Fsp3) is 0.368. The average Bonchev–Trinajstić information content (AvgIpc) is 3.22. The first-order valence-corrected chi connectivity index (χ1v) is 9.52. The number of amides is 1. The number of thioether (sulfide) groups is 1. The van der Waals surface area contributed by atoms with Gasteiger partial charge in [0.05, 0.1) is 29.7 Å². The Balaban J connectivity index is 1.65. The van der Waals surface area contributed by atoms with E-state index in [-0.39, 0.29) is 5.91 Å². The van der Waals surface area contributed by atoms with Crippen molar-refractivity contribution in [2.45, 2.75) is 23.8 Å². The Morgan fingerprint density at radius 1 is 1.40 bits per heavy atom. The highest BCUT2D eigenvalue weighted by Crippen LogP contribution is 2.26. The summed E-state index contributed by atoms with van der Waals surface area (Å²) in [7, 11) is 2.06. The summed E-state index contributed by atoms with van der Waals surface area (Å²) in [5.41, 5.74) is 2.09. The van der Waals surface area contributed by atoms with E-state index in [1.165, 1.54) is 22.4 Å². The topological polar surface area (TPSA) is 62.3 Å². The number of carbonyl (C=O) groups is 1. The summed E-state index contributed by atoms with van der Waals surface area (Å²) in [5.74, 6) is 0.404. The molecule has 1 amide bonds. The van der Waals surface area contributed by atoms with Crippen LogP contribution in [0.1, 0.15) is 24.6 Å². The Labute approximate surface area is 152 Å². The van der Waals surface area contributed by atoms with Crippen molar-refractivity contribution in [2.75, 3.05) is 24.2 Å². The van der Waals surface area contributed by atoms with Gasteiger partial charge in [0.1, 0.15) is 6.04 Å². The molecule has 0 spiro atoms. The second-order valence-electron chi connectivity index (χ2n) is 6.31. The van der Waals surface area contributed by atoms with Crippen molar-refractivity contribution in [1.82, 2.24) is 4.57 Å². The predicted octanol–water partition coefficient (Wildman–Crippen LogP) is 2.00. The Morgan fingerprint density at radius 3 is 3.00 bits per heavy atom. The summed E-state index contributed by atoms with van der Waals surface area (Å²) in [4.78, 5) is 14.8. The monoisotopic (exact) mass is 355 g/mol. The number of quaternary nitrogens is 1. The van der Waals surface area contributed by atoms with E-state index < -0.39 is 0 Å². The second-order valence-corrected chi connectivity index (χ2v) is 7.33. The summed E-state index contributed by atoms with van der Waals surface area (Å²) >= 11 is 1.45. The van der Waals surface area contributed by atoms with Crippen molar-refractivity contribution in [2.24, 2.45) is 7.05 Å². The molecule has 1 unspecified atom stereocenters. The highest BCUT2D eigenvalue weighted by atomic mass is 32.2. The number of aromatic nitrogens is 1. The van der Waals surface area contributed by atoms with Gasteiger partial charge in [-0.15, -0.1) is 11.8 Å². The lowest BCUT2D eigenvalue weighted by Crippen LogP contribution is -3.11. The quantitative estimate of drug-likeness (QED) is 0.779. The number of carbonyl (C=O) groups excluding carboxylic acids is 1. The zero-order chi connectivity index (χ0) is 17.6. The summed E-state index contributed by atoms with van der Waals surface area (Å²) in [6.45, 7) is 1.49. The third-order valence-electron chi connectivity index (χ3n) is 4.67. The fourth-order valence-corrected chi connectivity index (χ4v) is 4.19. The number of aryl methyl sites for hydroxylation is 1. The molecule has 1 aliphatic heterocycles. The van der Waals surface area contributed by atoms with E-state index in [0.717, 1.165) is 30.0 Å². The first-order chi connectivity index (χ1) is 12.2.